The van der Waals surface area contributed by atoms with E-state index in [1.807, 2.05) is 53.4 Å². The predicted octanol–water partition coefficient (Wildman–Crippen LogP) is 3.32. The van der Waals surface area contributed by atoms with Gasteiger partial charge in [0.15, 0.2) is 11.5 Å². The molecule has 0 aliphatic carbocycles. The van der Waals surface area contributed by atoms with Gasteiger partial charge in [-0.15, -0.1) is 0 Å². The molecule has 0 radical (unpaired) electrons. The Bertz CT molecular complexity index is 696. The van der Waals surface area contributed by atoms with Gasteiger partial charge in [-0.3, -0.25) is 4.79 Å². The van der Waals surface area contributed by atoms with Crippen molar-refractivity contribution in [2.75, 3.05) is 19.9 Å². The summed E-state index contributed by atoms with van der Waals surface area (Å²) in [5.41, 5.74) is 2.00. The van der Waals surface area contributed by atoms with Crippen molar-refractivity contribution >= 4 is 5.91 Å². The fourth-order valence-corrected chi connectivity index (χ4v) is 3.31. The highest BCUT2D eigenvalue weighted by molar-refractivity contribution is 5.94. The van der Waals surface area contributed by atoms with Gasteiger partial charge in [0.05, 0.1) is 0 Å². The smallest absolute Gasteiger partial charge is 0.251 e. The SMILES string of the molecule is CCN1C=CCC(C(=O)N(CC)C(C)Cc2ccc3c(c2)OCO3)=C1. The zero-order chi connectivity index (χ0) is 17.8. The van der Waals surface area contributed by atoms with Crippen molar-refractivity contribution in [1.82, 2.24) is 9.80 Å². The maximum Gasteiger partial charge on any atom is 0.251 e. The molecule has 1 atom stereocenters. The van der Waals surface area contributed by atoms with Crippen molar-refractivity contribution in [3.05, 3.63) is 47.8 Å². The molecule has 1 unspecified atom stereocenters. The Kier molecular flexibility index (Phi) is 5.31. The molecule has 0 aromatic heterocycles. The maximum atomic E-state index is 13.0. The van der Waals surface area contributed by atoms with E-state index in [-0.39, 0.29) is 18.7 Å². The standard InChI is InChI=1S/C20H26N2O3/c1-4-21-10-6-7-17(13-21)20(23)22(5-2)15(3)11-16-8-9-18-19(12-16)25-14-24-18/h6,8-10,12-13,15H,4-5,7,11,14H2,1-3H3. The van der Waals surface area contributed by atoms with E-state index in [0.29, 0.717) is 13.0 Å². The van der Waals surface area contributed by atoms with E-state index in [9.17, 15) is 4.79 Å². The number of rotatable bonds is 6. The second-order valence-electron chi connectivity index (χ2n) is 6.41. The Labute approximate surface area is 149 Å². The van der Waals surface area contributed by atoms with Crippen LogP contribution in [0.4, 0.5) is 0 Å². The number of nitrogens with zero attached hydrogens (tertiary/aromatic N) is 2. The Balaban J connectivity index is 1.69. The molecule has 0 spiro atoms. The Morgan fingerprint density at radius 1 is 1.28 bits per heavy atom. The highest BCUT2D eigenvalue weighted by Gasteiger charge is 2.24. The van der Waals surface area contributed by atoms with Crippen LogP contribution in [0.3, 0.4) is 0 Å². The molecule has 1 amide bonds. The molecule has 3 rings (SSSR count). The lowest BCUT2D eigenvalue weighted by molar-refractivity contribution is -0.129. The van der Waals surface area contributed by atoms with Gasteiger partial charge in [0.2, 0.25) is 6.79 Å². The van der Waals surface area contributed by atoms with Gasteiger partial charge in [0, 0.05) is 30.9 Å². The number of carbonyl (C=O) groups is 1. The summed E-state index contributed by atoms with van der Waals surface area (Å²) in [5, 5.41) is 0. The van der Waals surface area contributed by atoms with Crippen molar-refractivity contribution < 1.29 is 14.3 Å². The Morgan fingerprint density at radius 3 is 2.84 bits per heavy atom. The van der Waals surface area contributed by atoms with Crippen LogP contribution in [-0.4, -0.2) is 41.6 Å². The van der Waals surface area contributed by atoms with Crippen molar-refractivity contribution in [1.29, 1.82) is 0 Å². The summed E-state index contributed by atoms with van der Waals surface area (Å²) in [4.78, 5) is 17.0. The van der Waals surface area contributed by atoms with Crippen molar-refractivity contribution in [3.63, 3.8) is 0 Å². The third kappa shape index (κ3) is 3.81. The second-order valence-corrected chi connectivity index (χ2v) is 6.41. The number of amides is 1. The summed E-state index contributed by atoms with van der Waals surface area (Å²) in [6, 6.07) is 6.11. The Morgan fingerprint density at radius 2 is 2.08 bits per heavy atom. The highest BCUT2D eigenvalue weighted by Crippen LogP contribution is 2.33. The molecule has 0 bridgehead atoms. The van der Waals surface area contributed by atoms with Crippen LogP contribution in [0.15, 0.2) is 42.2 Å². The third-order valence-electron chi connectivity index (χ3n) is 4.70. The van der Waals surface area contributed by atoms with Gasteiger partial charge in [-0.1, -0.05) is 12.1 Å². The van der Waals surface area contributed by atoms with Crippen LogP contribution in [0, 0.1) is 0 Å². The molecule has 2 aliphatic rings. The number of fused-ring (bicyclic) bond motifs is 1. The van der Waals surface area contributed by atoms with Crippen LogP contribution < -0.4 is 9.47 Å². The minimum absolute atomic E-state index is 0.111. The molecular weight excluding hydrogens is 316 g/mol. The first-order chi connectivity index (χ1) is 12.1. The topological polar surface area (TPSA) is 42.0 Å². The molecule has 0 N–H and O–H groups in total. The fraction of sp³-hybridized carbons (Fsp3) is 0.450. The van der Waals surface area contributed by atoms with Gasteiger partial charge >= 0.3 is 0 Å². The largest absolute Gasteiger partial charge is 0.454 e. The van der Waals surface area contributed by atoms with Gasteiger partial charge < -0.3 is 19.3 Å². The van der Waals surface area contributed by atoms with E-state index in [0.717, 1.165) is 35.6 Å². The number of ether oxygens (including phenoxy) is 2. The average molecular weight is 342 g/mol. The molecule has 5 heteroatoms. The van der Waals surface area contributed by atoms with Gasteiger partial charge in [-0.25, -0.2) is 0 Å². The zero-order valence-electron chi connectivity index (χ0n) is 15.2. The summed E-state index contributed by atoms with van der Waals surface area (Å²) in [7, 11) is 0. The summed E-state index contributed by atoms with van der Waals surface area (Å²) in [6.07, 6.45) is 7.54. The molecule has 2 heterocycles. The molecular formula is C20H26N2O3. The molecule has 0 saturated heterocycles. The van der Waals surface area contributed by atoms with E-state index >= 15 is 0 Å². The molecule has 25 heavy (non-hydrogen) atoms. The quantitative estimate of drug-likeness (QED) is 0.795. The van der Waals surface area contributed by atoms with E-state index in [4.69, 9.17) is 9.47 Å². The number of hydrogen-bond donors (Lipinski definition) is 0. The molecule has 0 fully saturated rings. The first-order valence-electron chi connectivity index (χ1n) is 8.95. The minimum Gasteiger partial charge on any atom is -0.454 e. The van der Waals surface area contributed by atoms with Crippen molar-refractivity contribution in [3.8, 4) is 11.5 Å². The predicted molar refractivity (Wildman–Crippen MR) is 97.3 cm³/mol. The molecule has 5 nitrogen and oxygen atoms in total. The molecule has 0 saturated carbocycles. The summed E-state index contributed by atoms with van der Waals surface area (Å²) >= 11 is 0. The lowest BCUT2D eigenvalue weighted by atomic mass is 10.0. The zero-order valence-corrected chi connectivity index (χ0v) is 15.2. The normalized spacial score (nSPS) is 16.6. The van der Waals surface area contributed by atoms with Gasteiger partial charge in [-0.2, -0.15) is 0 Å². The van der Waals surface area contributed by atoms with Gasteiger partial charge in [-0.05, 0) is 57.5 Å². The number of carbonyl (C=O) groups excluding carboxylic acids is 1. The number of hydrogen-bond acceptors (Lipinski definition) is 4. The van der Waals surface area contributed by atoms with Crippen molar-refractivity contribution in [2.45, 2.75) is 39.7 Å². The van der Waals surface area contributed by atoms with Crippen LogP contribution in [0.1, 0.15) is 32.8 Å². The molecule has 2 aliphatic heterocycles. The number of benzene rings is 1. The summed E-state index contributed by atoms with van der Waals surface area (Å²) in [6.45, 7) is 8.05. The lowest BCUT2D eigenvalue weighted by Crippen LogP contribution is -2.41. The minimum atomic E-state index is 0.111. The maximum absolute atomic E-state index is 13.0. The fourth-order valence-electron chi connectivity index (χ4n) is 3.31. The van der Waals surface area contributed by atoms with Crippen LogP contribution >= 0.6 is 0 Å². The number of allylic oxidation sites excluding steroid dienone is 1. The second kappa shape index (κ2) is 7.64. The number of likely N-dealkylation sites (N-methyl/N-ethyl adjacent to an activating group) is 1. The van der Waals surface area contributed by atoms with Gasteiger partial charge in [0.25, 0.3) is 5.91 Å². The van der Waals surface area contributed by atoms with Crippen molar-refractivity contribution in [2.24, 2.45) is 0 Å². The third-order valence-corrected chi connectivity index (χ3v) is 4.70. The van der Waals surface area contributed by atoms with Gasteiger partial charge in [0.1, 0.15) is 0 Å². The summed E-state index contributed by atoms with van der Waals surface area (Å²) in [5.74, 6) is 1.70. The summed E-state index contributed by atoms with van der Waals surface area (Å²) < 4.78 is 10.8. The van der Waals surface area contributed by atoms with Crippen LogP contribution in [0.5, 0.6) is 11.5 Å². The van der Waals surface area contributed by atoms with E-state index in [1.165, 1.54) is 0 Å². The first kappa shape index (κ1) is 17.4. The average Bonchev–Trinajstić information content (AvgIpc) is 3.10. The highest BCUT2D eigenvalue weighted by atomic mass is 16.7. The lowest BCUT2D eigenvalue weighted by Gasteiger charge is -2.30. The van der Waals surface area contributed by atoms with E-state index < -0.39 is 0 Å². The van der Waals surface area contributed by atoms with E-state index in [1.54, 1.807) is 0 Å². The molecule has 134 valence electrons. The molecule has 1 aromatic rings. The molecule has 1 aromatic carbocycles. The van der Waals surface area contributed by atoms with Crippen LogP contribution in [0.2, 0.25) is 0 Å². The Hall–Kier alpha value is -2.43. The van der Waals surface area contributed by atoms with E-state index in [2.05, 4.69) is 13.8 Å². The van der Waals surface area contributed by atoms with Crippen LogP contribution in [0.25, 0.3) is 0 Å². The monoisotopic (exact) mass is 342 g/mol. The first-order valence-corrected chi connectivity index (χ1v) is 8.95. The van der Waals surface area contributed by atoms with Crippen LogP contribution in [-0.2, 0) is 11.2 Å².